The number of rotatable bonds is 5. The third-order valence-corrected chi connectivity index (χ3v) is 3.20. The van der Waals surface area contributed by atoms with Gasteiger partial charge in [-0.1, -0.05) is 45.8 Å². The molecule has 0 unspecified atom stereocenters. The van der Waals surface area contributed by atoms with Crippen LogP contribution in [0.25, 0.3) is 0 Å². The summed E-state index contributed by atoms with van der Waals surface area (Å²) < 4.78 is 1.08. The first-order chi connectivity index (χ1) is 9.24. The molecule has 1 N–H and O–H groups in total. The van der Waals surface area contributed by atoms with Gasteiger partial charge in [0.05, 0.1) is 6.54 Å². The smallest absolute Gasteiger partial charge is 0.0562 e. The van der Waals surface area contributed by atoms with Crippen LogP contribution in [0.15, 0.2) is 58.0 Å². The molecule has 0 saturated heterocycles. The van der Waals surface area contributed by atoms with E-state index in [2.05, 4.69) is 63.5 Å². The Morgan fingerprint density at radius 2 is 1.95 bits per heavy atom. The molecule has 2 aromatic carbocycles. The molecule has 0 bridgehead atoms. The van der Waals surface area contributed by atoms with Gasteiger partial charge in [0.2, 0.25) is 0 Å². The topological polar surface area (TPSA) is 24.4 Å². The van der Waals surface area contributed by atoms with E-state index in [0.29, 0.717) is 0 Å². The molecule has 2 nitrogen and oxygen atoms in total. The van der Waals surface area contributed by atoms with Crippen LogP contribution in [0.2, 0.25) is 0 Å². The lowest BCUT2D eigenvalue weighted by atomic mass is 10.2. The van der Waals surface area contributed by atoms with Gasteiger partial charge in [-0.25, -0.2) is 0 Å². The zero-order chi connectivity index (χ0) is 13.5. The first-order valence-electron chi connectivity index (χ1n) is 6.30. The molecule has 0 amide bonds. The van der Waals surface area contributed by atoms with Gasteiger partial charge in [0.25, 0.3) is 0 Å². The number of hydrogen-bond donors (Lipinski definition) is 1. The molecule has 0 atom stereocenters. The molecule has 0 aromatic heterocycles. The number of benzene rings is 2. The lowest BCUT2D eigenvalue weighted by molar-refractivity contribution is 1.03. The molecule has 0 aliphatic heterocycles. The number of nitrogens with one attached hydrogen (secondary N) is 1. The number of halogens is 1. The normalized spacial score (nSPS) is 10.8. The minimum atomic E-state index is 0.764. The molecule has 0 saturated carbocycles. The van der Waals surface area contributed by atoms with Crippen molar-refractivity contribution in [2.24, 2.45) is 4.99 Å². The standard InChI is InChI=1S/C16H17BrN2/c1-13-5-7-16(8-6-13)19-10-9-18-12-14-3-2-4-15(17)11-14/h2-8,11-12,19H,9-10H2,1H3. The molecule has 0 aliphatic carbocycles. The third-order valence-electron chi connectivity index (χ3n) is 2.71. The first-order valence-corrected chi connectivity index (χ1v) is 7.09. The fraction of sp³-hybridized carbons (Fsp3) is 0.188. The summed E-state index contributed by atoms with van der Waals surface area (Å²) in [6.45, 7) is 3.69. The van der Waals surface area contributed by atoms with Crippen LogP contribution >= 0.6 is 15.9 Å². The van der Waals surface area contributed by atoms with Crippen LogP contribution < -0.4 is 5.32 Å². The highest BCUT2D eigenvalue weighted by molar-refractivity contribution is 9.10. The lowest BCUT2D eigenvalue weighted by Gasteiger charge is -2.04. The number of anilines is 1. The molecular weight excluding hydrogens is 300 g/mol. The maximum absolute atomic E-state index is 4.41. The monoisotopic (exact) mass is 316 g/mol. The number of aliphatic imine (C=N–C) groups is 1. The minimum absolute atomic E-state index is 0.764. The van der Waals surface area contributed by atoms with E-state index in [-0.39, 0.29) is 0 Å². The van der Waals surface area contributed by atoms with Crippen LogP contribution in [-0.2, 0) is 0 Å². The second-order valence-corrected chi connectivity index (χ2v) is 5.30. The summed E-state index contributed by atoms with van der Waals surface area (Å²) in [4.78, 5) is 4.41. The largest absolute Gasteiger partial charge is 0.383 e. The maximum atomic E-state index is 4.41. The number of nitrogens with zero attached hydrogens (tertiary/aromatic N) is 1. The average molecular weight is 317 g/mol. The molecule has 0 aliphatic rings. The van der Waals surface area contributed by atoms with Gasteiger partial charge in [-0.3, -0.25) is 4.99 Å². The van der Waals surface area contributed by atoms with Gasteiger partial charge in [0.1, 0.15) is 0 Å². The fourth-order valence-electron chi connectivity index (χ4n) is 1.69. The van der Waals surface area contributed by atoms with Crippen LogP contribution in [0.5, 0.6) is 0 Å². The van der Waals surface area contributed by atoms with Gasteiger partial charge >= 0.3 is 0 Å². The second kappa shape index (κ2) is 7.10. The van der Waals surface area contributed by atoms with Gasteiger partial charge < -0.3 is 5.32 Å². The fourth-order valence-corrected chi connectivity index (χ4v) is 2.11. The van der Waals surface area contributed by atoms with Crippen LogP contribution in [0.4, 0.5) is 5.69 Å². The summed E-state index contributed by atoms with van der Waals surface area (Å²) >= 11 is 3.45. The van der Waals surface area contributed by atoms with Gasteiger partial charge in [-0.2, -0.15) is 0 Å². The minimum Gasteiger partial charge on any atom is -0.383 e. The zero-order valence-corrected chi connectivity index (χ0v) is 12.5. The molecule has 0 spiro atoms. The van der Waals surface area contributed by atoms with Gasteiger partial charge in [0.15, 0.2) is 0 Å². The molecule has 0 radical (unpaired) electrons. The van der Waals surface area contributed by atoms with Gasteiger partial charge in [-0.05, 0) is 36.8 Å². The quantitative estimate of drug-likeness (QED) is 0.646. The Kier molecular flexibility index (Phi) is 5.16. The molecule has 0 heterocycles. The van der Waals surface area contributed by atoms with E-state index in [1.807, 2.05) is 24.4 Å². The van der Waals surface area contributed by atoms with Crippen LogP contribution in [0.1, 0.15) is 11.1 Å². The molecule has 19 heavy (non-hydrogen) atoms. The van der Waals surface area contributed by atoms with Crippen molar-refractivity contribution >= 4 is 27.8 Å². The summed E-state index contributed by atoms with van der Waals surface area (Å²) in [5, 5.41) is 3.35. The highest BCUT2D eigenvalue weighted by atomic mass is 79.9. The van der Waals surface area contributed by atoms with Crippen molar-refractivity contribution in [3.05, 3.63) is 64.1 Å². The van der Waals surface area contributed by atoms with E-state index in [9.17, 15) is 0 Å². The first kappa shape index (κ1) is 13.8. The Bertz CT molecular complexity index is 547. The van der Waals surface area contributed by atoms with Crippen molar-refractivity contribution in [1.82, 2.24) is 0 Å². The number of hydrogen-bond acceptors (Lipinski definition) is 2. The average Bonchev–Trinajstić information content (AvgIpc) is 2.41. The molecule has 3 heteroatoms. The van der Waals surface area contributed by atoms with E-state index >= 15 is 0 Å². The van der Waals surface area contributed by atoms with E-state index in [1.165, 1.54) is 5.56 Å². The van der Waals surface area contributed by atoms with Crippen molar-refractivity contribution in [1.29, 1.82) is 0 Å². The Balaban J connectivity index is 1.76. The Morgan fingerprint density at radius 1 is 1.16 bits per heavy atom. The third kappa shape index (κ3) is 4.87. The SMILES string of the molecule is Cc1ccc(NCCN=Cc2cccc(Br)c2)cc1. The summed E-state index contributed by atoms with van der Waals surface area (Å²) in [5.41, 5.74) is 3.53. The van der Waals surface area contributed by atoms with Crippen molar-refractivity contribution in [2.45, 2.75) is 6.92 Å². The molecule has 0 fully saturated rings. The lowest BCUT2D eigenvalue weighted by Crippen LogP contribution is -2.04. The number of aryl methyl sites for hydroxylation is 1. The van der Waals surface area contributed by atoms with E-state index in [0.717, 1.165) is 28.8 Å². The summed E-state index contributed by atoms with van der Waals surface area (Å²) in [6, 6.07) is 16.5. The maximum Gasteiger partial charge on any atom is 0.0562 e. The summed E-state index contributed by atoms with van der Waals surface area (Å²) in [7, 11) is 0. The van der Waals surface area contributed by atoms with Crippen LogP contribution in [-0.4, -0.2) is 19.3 Å². The predicted molar refractivity (Wildman–Crippen MR) is 86.3 cm³/mol. The Morgan fingerprint density at radius 3 is 2.68 bits per heavy atom. The van der Waals surface area contributed by atoms with E-state index in [4.69, 9.17) is 0 Å². The Labute approximate surface area is 122 Å². The van der Waals surface area contributed by atoms with E-state index in [1.54, 1.807) is 0 Å². The molecule has 98 valence electrons. The van der Waals surface area contributed by atoms with Gasteiger partial charge in [-0.15, -0.1) is 0 Å². The highest BCUT2D eigenvalue weighted by Gasteiger charge is 1.91. The molecular formula is C16H17BrN2. The molecule has 2 rings (SSSR count). The van der Waals surface area contributed by atoms with Crippen molar-refractivity contribution in [3.8, 4) is 0 Å². The summed E-state index contributed by atoms with van der Waals surface area (Å²) in [6.07, 6.45) is 1.90. The highest BCUT2D eigenvalue weighted by Crippen LogP contribution is 2.10. The van der Waals surface area contributed by atoms with Gasteiger partial charge in [0, 0.05) is 22.9 Å². The van der Waals surface area contributed by atoms with Crippen LogP contribution in [0.3, 0.4) is 0 Å². The van der Waals surface area contributed by atoms with Crippen molar-refractivity contribution in [3.63, 3.8) is 0 Å². The Hall–Kier alpha value is -1.61. The zero-order valence-electron chi connectivity index (χ0n) is 10.9. The van der Waals surface area contributed by atoms with E-state index < -0.39 is 0 Å². The second-order valence-electron chi connectivity index (χ2n) is 4.38. The van der Waals surface area contributed by atoms with Crippen molar-refractivity contribution in [2.75, 3.05) is 18.4 Å². The van der Waals surface area contributed by atoms with Crippen LogP contribution in [0, 0.1) is 6.92 Å². The van der Waals surface area contributed by atoms with Crippen molar-refractivity contribution < 1.29 is 0 Å². The predicted octanol–water partition coefficient (Wildman–Crippen LogP) is 4.29. The summed E-state index contributed by atoms with van der Waals surface area (Å²) in [5.74, 6) is 0. The molecule has 2 aromatic rings.